The molecule has 1 aliphatic carbocycles. The number of aliphatic carboxylic acids is 1. The third-order valence-electron chi connectivity index (χ3n) is 5.23. The molecule has 1 N–H and O–H groups in total. The molecule has 140 valence electrons. The molecule has 0 aliphatic heterocycles. The summed E-state index contributed by atoms with van der Waals surface area (Å²) < 4.78 is 5.64. The van der Waals surface area contributed by atoms with E-state index in [2.05, 4.69) is 59.7 Å². The smallest absolute Gasteiger partial charge is 0.329 e. The molecule has 1 aliphatic rings. The van der Waals surface area contributed by atoms with Crippen LogP contribution in [0, 0.1) is 5.92 Å². The summed E-state index contributed by atoms with van der Waals surface area (Å²) in [6, 6.07) is 7.01. The predicted molar refractivity (Wildman–Crippen MR) is 102 cm³/mol. The molecule has 0 saturated heterocycles. The van der Waals surface area contributed by atoms with E-state index in [0.717, 1.165) is 25.7 Å². The normalized spacial score (nSPS) is 21.5. The second kappa shape index (κ2) is 7.49. The minimum atomic E-state index is -0.879. The van der Waals surface area contributed by atoms with Crippen LogP contribution in [-0.2, 0) is 26.8 Å². The number of carbonyl (C=O) groups is 1. The standard InChI is InChI=1S/C22H34O3/c1-21(2,3)17-11-15(12-18(13-17)22(4,5)6)10-16-8-7-9-19(16)25-14-20(23)24/h11-13,16,19H,7-10,14H2,1-6H3,(H,23,24). The van der Waals surface area contributed by atoms with E-state index in [1.807, 2.05) is 0 Å². The maximum Gasteiger partial charge on any atom is 0.329 e. The van der Waals surface area contributed by atoms with Crippen molar-refractivity contribution < 1.29 is 14.6 Å². The van der Waals surface area contributed by atoms with Crippen molar-refractivity contribution in [1.29, 1.82) is 0 Å². The van der Waals surface area contributed by atoms with E-state index in [4.69, 9.17) is 9.84 Å². The Morgan fingerprint density at radius 1 is 1.04 bits per heavy atom. The first-order chi connectivity index (χ1) is 11.5. The van der Waals surface area contributed by atoms with Crippen molar-refractivity contribution in [3.8, 4) is 0 Å². The monoisotopic (exact) mass is 346 g/mol. The van der Waals surface area contributed by atoms with Gasteiger partial charge in [0.15, 0.2) is 0 Å². The Hall–Kier alpha value is -1.35. The fraction of sp³-hybridized carbons (Fsp3) is 0.682. The summed E-state index contributed by atoms with van der Waals surface area (Å²) in [6.07, 6.45) is 4.27. The number of benzene rings is 1. The van der Waals surface area contributed by atoms with Crippen molar-refractivity contribution in [1.82, 2.24) is 0 Å². The Bertz CT molecular complexity index is 572. The van der Waals surface area contributed by atoms with Gasteiger partial charge in [-0.15, -0.1) is 0 Å². The van der Waals surface area contributed by atoms with Gasteiger partial charge in [-0.2, -0.15) is 0 Å². The Morgan fingerprint density at radius 2 is 1.60 bits per heavy atom. The predicted octanol–water partition coefficient (Wildman–Crippen LogP) is 5.09. The van der Waals surface area contributed by atoms with E-state index in [1.54, 1.807) is 0 Å². The molecule has 1 fully saturated rings. The van der Waals surface area contributed by atoms with E-state index in [9.17, 15) is 4.79 Å². The molecule has 2 unspecified atom stereocenters. The topological polar surface area (TPSA) is 46.5 Å². The summed E-state index contributed by atoms with van der Waals surface area (Å²) in [7, 11) is 0. The third kappa shape index (κ3) is 5.57. The molecule has 1 aromatic carbocycles. The van der Waals surface area contributed by atoms with Gasteiger partial charge in [0.1, 0.15) is 6.61 Å². The maximum absolute atomic E-state index is 10.8. The molecule has 0 bridgehead atoms. The van der Waals surface area contributed by atoms with Gasteiger partial charge in [0.25, 0.3) is 0 Å². The van der Waals surface area contributed by atoms with Gasteiger partial charge in [-0.1, -0.05) is 66.2 Å². The summed E-state index contributed by atoms with van der Waals surface area (Å²) in [5, 5.41) is 8.88. The zero-order chi connectivity index (χ0) is 18.8. The van der Waals surface area contributed by atoms with E-state index in [1.165, 1.54) is 16.7 Å². The van der Waals surface area contributed by atoms with E-state index in [0.29, 0.717) is 5.92 Å². The van der Waals surface area contributed by atoms with Crippen LogP contribution in [0.5, 0.6) is 0 Å². The van der Waals surface area contributed by atoms with E-state index >= 15 is 0 Å². The largest absolute Gasteiger partial charge is 0.480 e. The van der Waals surface area contributed by atoms with Gasteiger partial charge in [-0.05, 0) is 52.7 Å². The molecule has 0 aromatic heterocycles. The molecule has 2 rings (SSSR count). The SMILES string of the molecule is CC(C)(C)c1cc(CC2CCCC2OCC(=O)O)cc(C(C)(C)C)c1. The average Bonchev–Trinajstić information content (AvgIpc) is 2.90. The molecule has 1 aromatic rings. The van der Waals surface area contributed by atoms with Crippen LogP contribution in [0.1, 0.15) is 77.5 Å². The fourth-order valence-corrected chi connectivity index (χ4v) is 3.61. The highest BCUT2D eigenvalue weighted by molar-refractivity contribution is 5.68. The molecule has 0 amide bonds. The zero-order valence-electron chi connectivity index (χ0n) is 16.7. The quantitative estimate of drug-likeness (QED) is 0.807. The summed E-state index contributed by atoms with van der Waals surface area (Å²) >= 11 is 0. The molecule has 0 radical (unpaired) electrons. The maximum atomic E-state index is 10.8. The lowest BCUT2D eigenvalue weighted by molar-refractivity contribution is -0.145. The summed E-state index contributed by atoms with van der Waals surface area (Å²) in [5.74, 6) is -0.460. The van der Waals surface area contributed by atoms with Gasteiger partial charge >= 0.3 is 5.97 Å². The molecule has 0 spiro atoms. The Kier molecular flexibility index (Phi) is 5.98. The van der Waals surface area contributed by atoms with Crippen LogP contribution in [0.3, 0.4) is 0 Å². The third-order valence-corrected chi connectivity index (χ3v) is 5.23. The van der Waals surface area contributed by atoms with Gasteiger partial charge in [-0.25, -0.2) is 4.79 Å². The second-order valence-electron chi connectivity index (χ2n) is 9.56. The first-order valence-corrected chi connectivity index (χ1v) is 9.45. The molecule has 2 atom stereocenters. The number of ether oxygens (including phenoxy) is 1. The minimum absolute atomic E-state index is 0.0764. The minimum Gasteiger partial charge on any atom is -0.480 e. The van der Waals surface area contributed by atoms with Crippen molar-refractivity contribution in [3.63, 3.8) is 0 Å². The van der Waals surface area contributed by atoms with Gasteiger partial charge < -0.3 is 9.84 Å². The first-order valence-electron chi connectivity index (χ1n) is 9.45. The fourth-order valence-electron chi connectivity index (χ4n) is 3.61. The van der Waals surface area contributed by atoms with Crippen molar-refractivity contribution in [2.45, 2.75) is 84.2 Å². The highest BCUT2D eigenvalue weighted by Crippen LogP contribution is 2.35. The van der Waals surface area contributed by atoms with Crippen LogP contribution in [0.15, 0.2) is 18.2 Å². The number of hydrogen-bond donors (Lipinski definition) is 1. The zero-order valence-corrected chi connectivity index (χ0v) is 16.7. The van der Waals surface area contributed by atoms with Crippen LogP contribution in [0.2, 0.25) is 0 Å². The van der Waals surface area contributed by atoms with Crippen molar-refractivity contribution >= 4 is 5.97 Å². The molecule has 0 heterocycles. The lowest BCUT2D eigenvalue weighted by atomic mass is 9.78. The van der Waals surface area contributed by atoms with Crippen molar-refractivity contribution in [3.05, 3.63) is 34.9 Å². The number of carboxylic acids is 1. The van der Waals surface area contributed by atoms with Crippen LogP contribution in [0.4, 0.5) is 0 Å². The molecule has 1 saturated carbocycles. The highest BCUT2D eigenvalue weighted by Gasteiger charge is 2.29. The lowest BCUT2D eigenvalue weighted by Crippen LogP contribution is -2.24. The van der Waals surface area contributed by atoms with Gasteiger partial charge in [-0.3, -0.25) is 0 Å². The summed E-state index contributed by atoms with van der Waals surface area (Å²) in [5.41, 5.74) is 4.33. The highest BCUT2D eigenvalue weighted by atomic mass is 16.5. The first kappa shape index (κ1) is 20.0. The molecule has 25 heavy (non-hydrogen) atoms. The molecule has 3 nitrogen and oxygen atoms in total. The van der Waals surface area contributed by atoms with E-state index in [-0.39, 0.29) is 23.5 Å². The molecular formula is C22H34O3. The van der Waals surface area contributed by atoms with E-state index < -0.39 is 5.97 Å². The van der Waals surface area contributed by atoms with Gasteiger partial charge in [0, 0.05) is 0 Å². The number of rotatable bonds is 5. The Labute approximate surface area is 152 Å². The molecular weight excluding hydrogens is 312 g/mol. The van der Waals surface area contributed by atoms with Crippen LogP contribution < -0.4 is 0 Å². The number of carboxylic acid groups (broad SMARTS) is 1. The molecule has 3 heteroatoms. The van der Waals surface area contributed by atoms with Crippen LogP contribution in [-0.4, -0.2) is 23.8 Å². The lowest BCUT2D eigenvalue weighted by Gasteiger charge is -2.27. The summed E-state index contributed by atoms with van der Waals surface area (Å²) in [6.45, 7) is 13.4. The van der Waals surface area contributed by atoms with Crippen molar-refractivity contribution in [2.24, 2.45) is 5.92 Å². The Morgan fingerprint density at radius 3 is 2.08 bits per heavy atom. The number of hydrogen-bond acceptors (Lipinski definition) is 2. The Balaban J connectivity index is 2.24. The average molecular weight is 347 g/mol. The van der Waals surface area contributed by atoms with Crippen molar-refractivity contribution in [2.75, 3.05) is 6.61 Å². The summed E-state index contributed by atoms with van der Waals surface area (Å²) in [4.78, 5) is 10.8. The van der Waals surface area contributed by atoms with Crippen LogP contribution in [0.25, 0.3) is 0 Å². The van der Waals surface area contributed by atoms with Crippen LogP contribution >= 0.6 is 0 Å². The second-order valence-corrected chi connectivity index (χ2v) is 9.56. The van der Waals surface area contributed by atoms with Gasteiger partial charge in [0.2, 0.25) is 0 Å². The van der Waals surface area contributed by atoms with Gasteiger partial charge in [0.05, 0.1) is 6.10 Å².